The maximum atomic E-state index is 3.38. The van der Waals surface area contributed by atoms with Crippen molar-refractivity contribution in [3.63, 3.8) is 0 Å². The minimum atomic E-state index is 0.603. The molecule has 0 heterocycles. The molecule has 0 radical (unpaired) electrons. The molecule has 0 unspecified atom stereocenters. The molecule has 0 aromatic carbocycles. The largest absolute Gasteiger partial charge is 0.317 e. The predicted octanol–water partition coefficient (Wildman–Crippen LogP) is 2.56. The van der Waals surface area contributed by atoms with E-state index in [-0.39, 0.29) is 0 Å². The number of nitrogens with one attached hydrogen (secondary N) is 1. The van der Waals surface area contributed by atoms with E-state index in [0.29, 0.717) is 5.41 Å². The SMILES string of the molecule is CN[C@@H]1CCCC(C)(C)CC1. The highest BCUT2D eigenvalue weighted by molar-refractivity contribution is 4.78. The van der Waals surface area contributed by atoms with Gasteiger partial charge < -0.3 is 5.32 Å². The van der Waals surface area contributed by atoms with Crippen molar-refractivity contribution in [1.29, 1.82) is 0 Å². The molecule has 0 aliphatic heterocycles. The molecule has 1 heteroatoms. The van der Waals surface area contributed by atoms with Crippen LogP contribution >= 0.6 is 0 Å². The van der Waals surface area contributed by atoms with Gasteiger partial charge in [0.15, 0.2) is 0 Å². The lowest BCUT2D eigenvalue weighted by atomic mass is 9.85. The lowest BCUT2D eigenvalue weighted by molar-refractivity contribution is 0.311. The van der Waals surface area contributed by atoms with Crippen LogP contribution in [0.25, 0.3) is 0 Å². The van der Waals surface area contributed by atoms with Crippen LogP contribution < -0.4 is 5.32 Å². The van der Waals surface area contributed by atoms with Crippen molar-refractivity contribution in [2.24, 2.45) is 5.41 Å². The average Bonchev–Trinajstić information content (AvgIpc) is 2.10. The summed E-state index contributed by atoms with van der Waals surface area (Å²) in [5.74, 6) is 0. The van der Waals surface area contributed by atoms with Gasteiger partial charge in [0, 0.05) is 6.04 Å². The smallest absolute Gasteiger partial charge is 0.00642 e. The second kappa shape index (κ2) is 3.57. The van der Waals surface area contributed by atoms with Gasteiger partial charge in [0.1, 0.15) is 0 Å². The molecule has 1 aliphatic rings. The van der Waals surface area contributed by atoms with Gasteiger partial charge in [-0.15, -0.1) is 0 Å². The van der Waals surface area contributed by atoms with Crippen LogP contribution in [0.2, 0.25) is 0 Å². The maximum absolute atomic E-state index is 3.38. The van der Waals surface area contributed by atoms with E-state index in [1.165, 1.54) is 32.1 Å². The van der Waals surface area contributed by atoms with E-state index in [2.05, 4.69) is 26.2 Å². The third kappa shape index (κ3) is 2.82. The van der Waals surface area contributed by atoms with Gasteiger partial charge >= 0.3 is 0 Å². The highest BCUT2D eigenvalue weighted by Crippen LogP contribution is 2.33. The van der Waals surface area contributed by atoms with Gasteiger partial charge in [-0.2, -0.15) is 0 Å². The standard InChI is InChI=1S/C10H21N/c1-10(2)7-4-5-9(11-3)6-8-10/h9,11H,4-8H2,1-3H3/t9-/m1/s1. The van der Waals surface area contributed by atoms with Crippen LogP contribution in [0.5, 0.6) is 0 Å². The van der Waals surface area contributed by atoms with Crippen LogP contribution in [0.1, 0.15) is 46.0 Å². The summed E-state index contributed by atoms with van der Waals surface area (Å²) in [7, 11) is 2.09. The molecule has 11 heavy (non-hydrogen) atoms. The molecule has 0 aromatic rings. The molecule has 1 saturated carbocycles. The van der Waals surface area contributed by atoms with E-state index in [9.17, 15) is 0 Å². The monoisotopic (exact) mass is 155 g/mol. The van der Waals surface area contributed by atoms with Crippen molar-refractivity contribution in [2.45, 2.75) is 52.0 Å². The van der Waals surface area contributed by atoms with Gasteiger partial charge in [0.25, 0.3) is 0 Å². The molecule has 0 saturated heterocycles. The maximum Gasteiger partial charge on any atom is 0.00642 e. The zero-order valence-electron chi connectivity index (χ0n) is 8.11. The van der Waals surface area contributed by atoms with Crippen molar-refractivity contribution >= 4 is 0 Å². The summed E-state index contributed by atoms with van der Waals surface area (Å²) in [6.07, 6.45) is 6.94. The molecule has 1 rings (SSSR count). The Morgan fingerprint density at radius 2 is 1.91 bits per heavy atom. The minimum Gasteiger partial charge on any atom is -0.317 e. The Labute approximate surface area is 70.6 Å². The number of rotatable bonds is 1. The topological polar surface area (TPSA) is 12.0 Å². The third-order valence-electron chi connectivity index (χ3n) is 2.98. The third-order valence-corrected chi connectivity index (χ3v) is 2.98. The Kier molecular flexibility index (Phi) is 2.94. The van der Waals surface area contributed by atoms with Crippen LogP contribution in [0.4, 0.5) is 0 Å². The Balaban J connectivity index is 2.39. The van der Waals surface area contributed by atoms with Crippen molar-refractivity contribution < 1.29 is 0 Å². The Morgan fingerprint density at radius 3 is 2.55 bits per heavy atom. The van der Waals surface area contributed by atoms with Crippen LogP contribution in [-0.2, 0) is 0 Å². The minimum absolute atomic E-state index is 0.603. The zero-order valence-corrected chi connectivity index (χ0v) is 8.11. The van der Waals surface area contributed by atoms with Gasteiger partial charge in [-0.05, 0) is 38.1 Å². The summed E-state index contributed by atoms with van der Waals surface area (Å²) in [4.78, 5) is 0. The molecule has 1 aliphatic carbocycles. The van der Waals surface area contributed by atoms with Gasteiger partial charge in [-0.3, -0.25) is 0 Å². The molecule has 0 aromatic heterocycles. The van der Waals surface area contributed by atoms with Crippen molar-refractivity contribution in [3.05, 3.63) is 0 Å². The Hall–Kier alpha value is -0.0400. The molecule has 0 amide bonds. The molecule has 1 N–H and O–H groups in total. The Morgan fingerprint density at radius 1 is 1.18 bits per heavy atom. The normalized spacial score (nSPS) is 31.4. The molecular formula is C10H21N. The highest BCUT2D eigenvalue weighted by atomic mass is 14.9. The van der Waals surface area contributed by atoms with Crippen molar-refractivity contribution in [1.82, 2.24) is 5.32 Å². The summed E-state index contributed by atoms with van der Waals surface area (Å²) in [6, 6.07) is 0.789. The van der Waals surface area contributed by atoms with E-state index in [0.717, 1.165) is 6.04 Å². The van der Waals surface area contributed by atoms with E-state index in [4.69, 9.17) is 0 Å². The predicted molar refractivity (Wildman–Crippen MR) is 49.7 cm³/mol. The van der Waals surface area contributed by atoms with Gasteiger partial charge in [0.2, 0.25) is 0 Å². The lowest BCUT2D eigenvalue weighted by Crippen LogP contribution is -2.24. The second-order valence-electron chi connectivity index (χ2n) is 4.58. The van der Waals surface area contributed by atoms with E-state index in [1.807, 2.05) is 0 Å². The van der Waals surface area contributed by atoms with Crippen molar-refractivity contribution in [3.8, 4) is 0 Å². The molecule has 1 atom stereocenters. The van der Waals surface area contributed by atoms with Crippen LogP contribution in [0.3, 0.4) is 0 Å². The van der Waals surface area contributed by atoms with Gasteiger partial charge in [-0.25, -0.2) is 0 Å². The van der Waals surface area contributed by atoms with Crippen molar-refractivity contribution in [2.75, 3.05) is 7.05 Å². The quantitative estimate of drug-likeness (QED) is 0.574. The Bertz CT molecular complexity index is 118. The van der Waals surface area contributed by atoms with Crippen LogP contribution in [0.15, 0.2) is 0 Å². The summed E-state index contributed by atoms with van der Waals surface area (Å²) < 4.78 is 0. The average molecular weight is 155 g/mol. The summed E-state index contributed by atoms with van der Waals surface area (Å²) in [5.41, 5.74) is 0.603. The summed E-state index contributed by atoms with van der Waals surface area (Å²) in [6.45, 7) is 4.79. The highest BCUT2D eigenvalue weighted by Gasteiger charge is 2.23. The molecule has 0 spiro atoms. The fourth-order valence-electron chi connectivity index (χ4n) is 1.95. The molecule has 0 bridgehead atoms. The number of hydrogen-bond acceptors (Lipinski definition) is 1. The van der Waals surface area contributed by atoms with Crippen LogP contribution in [0, 0.1) is 5.41 Å². The molecule has 1 nitrogen and oxygen atoms in total. The first kappa shape index (κ1) is 9.05. The fourth-order valence-corrected chi connectivity index (χ4v) is 1.95. The van der Waals surface area contributed by atoms with Gasteiger partial charge in [-0.1, -0.05) is 20.3 Å². The molecule has 1 fully saturated rings. The first-order chi connectivity index (χ1) is 5.14. The lowest BCUT2D eigenvalue weighted by Gasteiger charge is -2.21. The summed E-state index contributed by atoms with van der Waals surface area (Å²) >= 11 is 0. The summed E-state index contributed by atoms with van der Waals surface area (Å²) in [5, 5.41) is 3.38. The van der Waals surface area contributed by atoms with Crippen LogP contribution in [-0.4, -0.2) is 13.1 Å². The van der Waals surface area contributed by atoms with E-state index < -0.39 is 0 Å². The first-order valence-corrected chi connectivity index (χ1v) is 4.81. The number of hydrogen-bond donors (Lipinski definition) is 1. The first-order valence-electron chi connectivity index (χ1n) is 4.81. The second-order valence-corrected chi connectivity index (χ2v) is 4.58. The van der Waals surface area contributed by atoms with E-state index in [1.54, 1.807) is 0 Å². The van der Waals surface area contributed by atoms with E-state index >= 15 is 0 Å². The zero-order chi connectivity index (χ0) is 8.32. The fraction of sp³-hybridized carbons (Fsp3) is 1.00. The molecule has 66 valence electrons. The molecular weight excluding hydrogens is 134 g/mol. The van der Waals surface area contributed by atoms with Gasteiger partial charge in [0.05, 0.1) is 0 Å².